The first-order valence-corrected chi connectivity index (χ1v) is 10.9. The molecule has 4 rings (SSSR count). The molecule has 0 aliphatic rings. The second kappa shape index (κ2) is 9.28. The molecule has 0 unspecified atom stereocenters. The Bertz CT molecular complexity index is 1420. The lowest BCUT2D eigenvalue weighted by Crippen LogP contribution is -2.36. The molecular formula is C21H21N7O4S. The van der Waals surface area contributed by atoms with Gasteiger partial charge >= 0.3 is 0 Å². The van der Waals surface area contributed by atoms with E-state index in [1.807, 2.05) is 6.07 Å². The standard InChI is InChI=1S/C21H21N7O4S/c1-4-9-27-19(31)14-7-5-6-8-15(14)28-20(27)23-24-21(28)33-12-18(30)26(3)11-17(29)22-16-10-13(2)32-25-16/h4-8,10H,1,9,11-12H2,2-3H3,(H,22,25,29). The fourth-order valence-electron chi connectivity index (χ4n) is 3.27. The van der Waals surface area contributed by atoms with Crippen molar-refractivity contribution in [3.63, 3.8) is 0 Å². The third kappa shape index (κ3) is 4.51. The Kier molecular flexibility index (Phi) is 6.27. The first-order valence-electron chi connectivity index (χ1n) is 9.96. The van der Waals surface area contributed by atoms with E-state index in [1.54, 1.807) is 41.7 Å². The van der Waals surface area contributed by atoms with Crippen molar-refractivity contribution in [1.82, 2.24) is 29.2 Å². The summed E-state index contributed by atoms with van der Waals surface area (Å²) < 4.78 is 8.13. The number of amides is 2. The van der Waals surface area contributed by atoms with E-state index in [-0.39, 0.29) is 30.3 Å². The van der Waals surface area contributed by atoms with Crippen molar-refractivity contribution in [3.05, 3.63) is 59.1 Å². The van der Waals surface area contributed by atoms with Gasteiger partial charge in [0.1, 0.15) is 5.76 Å². The molecule has 0 radical (unpaired) electrons. The van der Waals surface area contributed by atoms with E-state index in [1.165, 1.54) is 28.3 Å². The number of nitrogens with zero attached hydrogens (tertiary/aromatic N) is 6. The predicted octanol–water partition coefficient (Wildman–Crippen LogP) is 1.72. The maximum absolute atomic E-state index is 12.9. The monoisotopic (exact) mass is 467 g/mol. The highest BCUT2D eigenvalue weighted by molar-refractivity contribution is 7.99. The van der Waals surface area contributed by atoms with Crippen LogP contribution in [0.3, 0.4) is 0 Å². The summed E-state index contributed by atoms with van der Waals surface area (Å²) in [7, 11) is 1.54. The molecule has 0 aliphatic carbocycles. The van der Waals surface area contributed by atoms with Crippen LogP contribution in [-0.4, -0.2) is 60.4 Å². The number of carbonyl (C=O) groups is 2. The molecule has 0 saturated carbocycles. The third-order valence-electron chi connectivity index (χ3n) is 4.82. The van der Waals surface area contributed by atoms with E-state index in [2.05, 4.69) is 27.2 Å². The first-order chi connectivity index (χ1) is 15.9. The molecule has 3 heterocycles. The third-order valence-corrected chi connectivity index (χ3v) is 5.73. The zero-order valence-corrected chi connectivity index (χ0v) is 18.8. The van der Waals surface area contributed by atoms with Gasteiger partial charge in [0.15, 0.2) is 11.0 Å². The van der Waals surface area contributed by atoms with Gasteiger partial charge in [-0.25, -0.2) is 0 Å². The van der Waals surface area contributed by atoms with Gasteiger partial charge in [-0.1, -0.05) is 35.1 Å². The number of allylic oxidation sites excluding steroid dienone is 1. The number of thioether (sulfide) groups is 1. The van der Waals surface area contributed by atoms with Crippen LogP contribution < -0.4 is 10.9 Å². The van der Waals surface area contributed by atoms with Crippen LogP contribution in [0.15, 0.2) is 57.5 Å². The van der Waals surface area contributed by atoms with Gasteiger partial charge in [-0.05, 0) is 19.1 Å². The van der Waals surface area contributed by atoms with Gasteiger partial charge < -0.3 is 14.7 Å². The maximum atomic E-state index is 12.9. The molecular weight excluding hydrogens is 446 g/mol. The van der Waals surface area contributed by atoms with Gasteiger partial charge in [-0.15, -0.1) is 16.8 Å². The molecule has 3 aromatic heterocycles. The van der Waals surface area contributed by atoms with Crippen LogP contribution in [0.25, 0.3) is 16.7 Å². The van der Waals surface area contributed by atoms with Gasteiger partial charge in [-0.3, -0.25) is 23.4 Å². The minimum absolute atomic E-state index is 0.0303. The Morgan fingerprint density at radius 3 is 2.82 bits per heavy atom. The molecule has 170 valence electrons. The van der Waals surface area contributed by atoms with E-state index < -0.39 is 5.91 Å². The normalized spacial score (nSPS) is 11.1. The summed E-state index contributed by atoms with van der Waals surface area (Å²) in [4.78, 5) is 38.9. The molecule has 0 saturated heterocycles. The second-order valence-electron chi connectivity index (χ2n) is 7.25. The number of rotatable bonds is 8. The predicted molar refractivity (Wildman–Crippen MR) is 123 cm³/mol. The molecule has 0 atom stereocenters. The van der Waals surface area contributed by atoms with Crippen molar-refractivity contribution >= 4 is 46.1 Å². The van der Waals surface area contributed by atoms with E-state index in [0.717, 1.165) is 0 Å². The number of likely N-dealkylation sites (N-methyl/N-ethyl adjacent to an activating group) is 1. The SMILES string of the molecule is C=CCn1c(=O)c2ccccc2n2c(SCC(=O)N(C)CC(=O)Nc3cc(C)on3)nnc12. The summed E-state index contributed by atoms with van der Waals surface area (Å²) >= 11 is 1.17. The Hall–Kier alpha value is -3.93. The average Bonchev–Trinajstić information content (AvgIpc) is 3.40. The van der Waals surface area contributed by atoms with Crippen molar-refractivity contribution in [2.75, 3.05) is 24.7 Å². The quantitative estimate of drug-likeness (QED) is 0.306. The molecule has 12 heteroatoms. The smallest absolute Gasteiger partial charge is 0.263 e. The van der Waals surface area contributed by atoms with Gasteiger partial charge in [-0.2, -0.15) is 0 Å². The first kappa shape index (κ1) is 22.3. The van der Waals surface area contributed by atoms with Crippen LogP contribution in [-0.2, 0) is 16.1 Å². The van der Waals surface area contributed by atoms with Gasteiger partial charge in [0.05, 0.1) is 23.2 Å². The molecule has 0 spiro atoms. The van der Waals surface area contributed by atoms with E-state index in [0.29, 0.717) is 33.4 Å². The number of nitrogens with one attached hydrogen (secondary N) is 1. The molecule has 1 aromatic carbocycles. The van der Waals surface area contributed by atoms with Crippen LogP contribution in [0.5, 0.6) is 0 Å². The summed E-state index contributed by atoms with van der Waals surface area (Å²) in [6.45, 7) is 5.55. The fourth-order valence-corrected chi connectivity index (χ4v) is 4.15. The number of hydrogen-bond acceptors (Lipinski definition) is 8. The van der Waals surface area contributed by atoms with Crippen LogP contribution in [0.4, 0.5) is 5.82 Å². The molecule has 2 amide bonds. The Morgan fingerprint density at radius 1 is 1.30 bits per heavy atom. The molecule has 11 nitrogen and oxygen atoms in total. The topological polar surface area (TPSA) is 128 Å². The number of aryl methyl sites for hydroxylation is 1. The van der Waals surface area contributed by atoms with Crippen molar-refractivity contribution in [2.45, 2.75) is 18.6 Å². The Labute approximate surface area is 192 Å². The Morgan fingerprint density at radius 2 is 2.09 bits per heavy atom. The van der Waals surface area contributed by atoms with Gasteiger partial charge in [0.2, 0.25) is 17.6 Å². The minimum Gasteiger partial charge on any atom is -0.360 e. The summed E-state index contributed by atoms with van der Waals surface area (Å²) in [5.41, 5.74) is 0.458. The molecule has 0 aliphatic heterocycles. The lowest BCUT2D eigenvalue weighted by Gasteiger charge is -2.16. The fraction of sp³-hybridized carbons (Fsp3) is 0.238. The minimum atomic E-state index is -0.392. The number of hydrogen-bond donors (Lipinski definition) is 1. The lowest BCUT2D eigenvalue weighted by molar-refractivity contribution is -0.131. The summed E-state index contributed by atoms with van der Waals surface area (Å²) in [6, 6.07) is 8.73. The number of para-hydroxylation sites is 1. The van der Waals surface area contributed by atoms with Crippen LogP contribution in [0.2, 0.25) is 0 Å². The zero-order valence-electron chi connectivity index (χ0n) is 18.0. The van der Waals surface area contributed by atoms with Crippen LogP contribution >= 0.6 is 11.8 Å². The van der Waals surface area contributed by atoms with Crippen molar-refractivity contribution < 1.29 is 14.1 Å². The van der Waals surface area contributed by atoms with E-state index in [4.69, 9.17) is 4.52 Å². The number of benzene rings is 1. The highest BCUT2D eigenvalue weighted by Gasteiger charge is 2.19. The average molecular weight is 468 g/mol. The highest BCUT2D eigenvalue weighted by Crippen LogP contribution is 2.22. The van der Waals surface area contributed by atoms with E-state index in [9.17, 15) is 14.4 Å². The van der Waals surface area contributed by atoms with E-state index >= 15 is 0 Å². The number of carbonyl (C=O) groups excluding carboxylic acids is 2. The number of aromatic nitrogens is 5. The number of fused-ring (bicyclic) bond motifs is 3. The summed E-state index contributed by atoms with van der Waals surface area (Å²) in [5, 5.41) is 15.6. The van der Waals surface area contributed by atoms with Gasteiger partial charge in [0.25, 0.3) is 5.56 Å². The second-order valence-corrected chi connectivity index (χ2v) is 8.19. The Balaban J connectivity index is 1.51. The van der Waals surface area contributed by atoms with Crippen molar-refractivity contribution in [2.24, 2.45) is 0 Å². The molecule has 0 bridgehead atoms. The van der Waals surface area contributed by atoms with Crippen molar-refractivity contribution in [3.8, 4) is 0 Å². The molecule has 4 aromatic rings. The van der Waals surface area contributed by atoms with Crippen LogP contribution in [0, 0.1) is 6.92 Å². The molecule has 0 fully saturated rings. The molecule has 1 N–H and O–H groups in total. The largest absolute Gasteiger partial charge is 0.360 e. The van der Waals surface area contributed by atoms with Gasteiger partial charge in [0, 0.05) is 19.7 Å². The van der Waals surface area contributed by atoms with Crippen LogP contribution in [0.1, 0.15) is 5.76 Å². The van der Waals surface area contributed by atoms with Crippen molar-refractivity contribution in [1.29, 1.82) is 0 Å². The zero-order chi connectivity index (χ0) is 23.5. The molecule has 33 heavy (non-hydrogen) atoms. The lowest BCUT2D eigenvalue weighted by atomic mass is 10.2. The highest BCUT2D eigenvalue weighted by atomic mass is 32.2. The maximum Gasteiger partial charge on any atom is 0.263 e. The summed E-state index contributed by atoms with van der Waals surface area (Å²) in [6.07, 6.45) is 1.61. The number of anilines is 1. The summed E-state index contributed by atoms with van der Waals surface area (Å²) in [5.74, 6) is 0.591.